The highest BCUT2D eigenvalue weighted by atomic mass is 127. The van der Waals surface area contributed by atoms with E-state index in [4.69, 9.17) is 16.3 Å². The molecular formula is C14H13ClINO. The van der Waals surface area contributed by atoms with Crippen molar-refractivity contribution in [2.24, 2.45) is 0 Å². The third-order valence-corrected chi connectivity index (χ3v) is 3.37. The second-order valence-electron chi connectivity index (χ2n) is 3.85. The van der Waals surface area contributed by atoms with Gasteiger partial charge in [-0.3, -0.25) is 0 Å². The monoisotopic (exact) mass is 373 g/mol. The van der Waals surface area contributed by atoms with E-state index < -0.39 is 0 Å². The molecule has 0 amide bonds. The van der Waals surface area contributed by atoms with E-state index in [9.17, 15) is 0 Å². The molecule has 2 aromatic carbocycles. The molecule has 0 aromatic heterocycles. The molecule has 94 valence electrons. The lowest BCUT2D eigenvalue weighted by molar-refractivity contribution is 0.482. The number of hydrogen-bond donors (Lipinski definition) is 1. The predicted molar refractivity (Wildman–Crippen MR) is 83.4 cm³/mol. The lowest BCUT2D eigenvalue weighted by atomic mass is 10.2. The summed E-state index contributed by atoms with van der Waals surface area (Å²) in [4.78, 5) is 0. The van der Waals surface area contributed by atoms with Gasteiger partial charge in [-0.05, 0) is 65.5 Å². The Hall–Kier alpha value is -0.780. The molecule has 0 aliphatic heterocycles. The lowest BCUT2D eigenvalue weighted by Crippen LogP contribution is -2.04. The maximum atomic E-state index is 6.20. The molecule has 2 aromatic rings. The van der Waals surface area contributed by atoms with Crippen molar-refractivity contribution in [3.63, 3.8) is 0 Å². The van der Waals surface area contributed by atoms with E-state index in [0.717, 1.165) is 21.4 Å². The normalized spacial score (nSPS) is 10.4. The summed E-state index contributed by atoms with van der Waals surface area (Å²) in [6.45, 7) is 0.795. The Morgan fingerprint density at radius 1 is 1.22 bits per heavy atom. The minimum atomic E-state index is 0.626. The van der Waals surface area contributed by atoms with E-state index in [1.807, 2.05) is 49.5 Å². The fourth-order valence-corrected chi connectivity index (χ4v) is 2.35. The summed E-state index contributed by atoms with van der Waals surface area (Å²) in [5, 5.41) is 3.71. The fourth-order valence-electron chi connectivity index (χ4n) is 1.60. The molecule has 0 saturated carbocycles. The van der Waals surface area contributed by atoms with Gasteiger partial charge in [-0.1, -0.05) is 23.7 Å². The summed E-state index contributed by atoms with van der Waals surface area (Å²) in [6.07, 6.45) is 0. The fraction of sp³-hybridized carbons (Fsp3) is 0.143. The largest absolute Gasteiger partial charge is 0.456 e. The molecule has 0 spiro atoms. The molecule has 0 fully saturated rings. The number of rotatable bonds is 4. The highest BCUT2D eigenvalue weighted by molar-refractivity contribution is 14.1. The highest BCUT2D eigenvalue weighted by Gasteiger charge is 2.04. The molecule has 2 nitrogen and oxygen atoms in total. The second-order valence-corrected chi connectivity index (χ2v) is 5.51. The maximum Gasteiger partial charge on any atom is 0.146 e. The van der Waals surface area contributed by atoms with Crippen LogP contribution in [-0.2, 0) is 6.54 Å². The van der Waals surface area contributed by atoms with Crippen molar-refractivity contribution in [3.05, 3.63) is 56.6 Å². The first-order valence-electron chi connectivity index (χ1n) is 5.55. The number of ether oxygens (including phenoxy) is 1. The molecule has 0 aliphatic rings. The van der Waals surface area contributed by atoms with Gasteiger partial charge in [0.1, 0.15) is 11.5 Å². The van der Waals surface area contributed by atoms with Crippen LogP contribution < -0.4 is 10.1 Å². The van der Waals surface area contributed by atoms with Gasteiger partial charge in [0.05, 0.1) is 5.02 Å². The van der Waals surface area contributed by atoms with Crippen molar-refractivity contribution >= 4 is 34.2 Å². The van der Waals surface area contributed by atoms with Crippen molar-refractivity contribution in [1.29, 1.82) is 0 Å². The van der Waals surface area contributed by atoms with Gasteiger partial charge in [0.2, 0.25) is 0 Å². The van der Waals surface area contributed by atoms with Crippen molar-refractivity contribution < 1.29 is 4.74 Å². The van der Waals surface area contributed by atoms with E-state index in [2.05, 4.69) is 27.9 Å². The average Bonchev–Trinajstić information content (AvgIpc) is 2.33. The first-order valence-corrected chi connectivity index (χ1v) is 7.01. The smallest absolute Gasteiger partial charge is 0.146 e. The summed E-state index contributed by atoms with van der Waals surface area (Å²) in [6, 6.07) is 13.7. The van der Waals surface area contributed by atoms with Crippen molar-refractivity contribution in [2.45, 2.75) is 6.54 Å². The molecule has 0 unspecified atom stereocenters. The summed E-state index contributed by atoms with van der Waals surface area (Å²) < 4.78 is 6.90. The molecule has 0 aliphatic carbocycles. The Kier molecular flexibility index (Phi) is 4.86. The molecule has 2 rings (SSSR count). The van der Waals surface area contributed by atoms with E-state index in [-0.39, 0.29) is 0 Å². The Morgan fingerprint density at radius 2 is 2.06 bits per heavy atom. The van der Waals surface area contributed by atoms with Crippen molar-refractivity contribution in [1.82, 2.24) is 5.32 Å². The first kappa shape index (κ1) is 13.6. The molecule has 0 heterocycles. The molecular weight excluding hydrogens is 361 g/mol. The number of hydrogen-bond acceptors (Lipinski definition) is 2. The molecule has 4 heteroatoms. The summed E-state index contributed by atoms with van der Waals surface area (Å²) in [7, 11) is 1.91. The van der Waals surface area contributed by atoms with Crippen molar-refractivity contribution in [3.8, 4) is 11.5 Å². The third-order valence-electron chi connectivity index (χ3n) is 2.40. The quantitative estimate of drug-likeness (QED) is 0.799. The summed E-state index contributed by atoms with van der Waals surface area (Å²) in [5.41, 5.74) is 1.14. The van der Waals surface area contributed by atoms with Gasteiger partial charge in [-0.25, -0.2) is 0 Å². The van der Waals surface area contributed by atoms with Crippen LogP contribution in [0.2, 0.25) is 5.02 Å². The van der Waals surface area contributed by atoms with Crippen LogP contribution >= 0.6 is 34.2 Å². The minimum absolute atomic E-state index is 0.626. The SMILES string of the molecule is CNCc1ccc(Oc2cccc(I)c2)c(Cl)c1. The molecule has 0 atom stereocenters. The summed E-state index contributed by atoms with van der Waals surface area (Å²) >= 11 is 8.45. The van der Waals surface area contributed by atoms with Gasteiger partial charge in [-0.2, -0.15) is 0 Å². The zero-order valence-electron chi connectivity index (χ0n) is 9.91. The van der Waals surface area contributed by atoms with Gasteiger partial charge in [-0.15, -0.1) is 0 Å². The second kappa shape index (κ2) is 6.41. The average molecular weight is 374 g/mol. The Morgan fingerprint density at radius 3 is 2.72 bits per heavy atom. The Labute approximate surface area is 125 Å². The highest BCUT2D eigenvalue weighted by Crippen LogP contribution is 2.30. The maximum absolute atomic E-state index is 6.20. The van der Waals surface area contributed by atoms with Crippen LogP contribution in [0, 0.1) is 3.57 Å². The predicted octanol–water partition coefficient (Wildman–Crippen LogP) is 4.46. The van der Waals surface area contributed by atoms with Gasteiger partial charge in [0, 0.05) is 10.1 Å². The zero-order valence-corrected chi connectivity index (χ0v) is 12.8. The van der Waals surface area contributed by atoms with Crippen LogP contribution in [0.1, 0.15) is 5.56 Å². The standard InChI is InChI=1S/C14H13ClINO/c1-17-9-10-5-6-14(13(15)7-10)18-12-4-2-3-11(16)8-12/h2-8,17H,9H2,1H3. The van der Waals surface area contributed by atoms with E-state index >= 15 is 0 Å². The van der Waals surface area contributed by atoms with Gasteiger partial charge < -0.3 is 10.1 Å². The van der Waals surface area contributed by atoms with Gasteiger partial charge >= 0.3 is 0 Å². The van der Waals surface area contributed by atoms with Gasteiger partial charge in [0.15, 0.2) is 0 Å². The molecule has 0 bridgehead atoms. The molecule has 0 radical (unpaired) electrons. The zero-order chi connectivity index (χ0) is 13.0. The van der Waals surface area contributed by atoms with Crippen LogP contribution in [0.25, 0.3) is 0 Å². The third kappa shape index (κ3) is 3.60. The van der Waals surface area contributed by atoms with Crippen LogP contribution in [-0.4, -0.2) is 7.05 Å². The van der Waals surface area contributed by atoms with Crippen LogP contribution in [0.15, 0.2) is 42.5 Å². The van der Waals surface area contributed by atoms with E-state index in [0.29, 0.717) is 10.8 Å². The molecule has 1 N–H and O–H groups in total. The number of benzene rings is 2. The topological polar surface area (TPSA) is 21.3 Å². The Bertz CT molecular complexity index is 545. The van der Waals surface area contributed by atoms with Gasteiger partial charge in [0.25, 0.3) is 0 Å². The minimum Gasteiger partial charge on any atom is -0.456 e. The van der Waals surface area contributed by atoms with E-state index in [1.165, 1.54) is 0 Å². The Balaban J connectivity index is 2.19. The van der Waals surface area contributed by atoms with E-state index in [1.54, 1.807) is 0 Å². The summed E-state index contributed by atoms with van der Waals surface area (Å²) in [5.74, 6) is 1.48. The number of halogens is 2. The molecule has 0 saturated heterocycles. The molecule has 18 heavy (non-hydrogen) atoms. The van der Waals surface area contributed by atoms with Crippen LogP contribution in [0.5, 0.6) is 11.5 Å². The first-order chi connectivity index (χ1) is 8.69. The van der Waals surface area contributed by atoms with Crippen LogP contribution in [0.3, 0.4) is 0 Å². The number of nitrogens with one attached hydrogen (secondary N) is 1. The lowest BCUT2D eigenvalue weighted by Gasteiger charge is -2.09. The van der Waals surface area contributed by atoms with Crippen molar-refractivity contribution in [2.75, 3.05) is 7.05 Å². The van der Waals surface area contributed by atoms with Crippen LogP contribution in [0.4, 0.5) is 0 Å².